The number of para-hydroxylation sites is 2. The Kier molecular flexibility index (Phi) is 6.46. The number of carbonyl (C=O) groups is 2. The van der Waals surface area contributed by atoms with Gasteiger partial charge in [-0.1, -0.05) is 88.2 Å². The van der Waals surface area contributed by atoms with Gasteiger partial charge in [-0.25, -0.2) is 0 Å². The standard InChI is InChI=1S/C33H27BrN2O2/c1-21-14-16-22(17-15-21)25-19-28-31(30(37)20-25)32(24-10-7-11-26(34)18-24)36(29-13-6-5-12-27(29)35-28)33(38)23-8-3-2-4-9-23/h2-18,25,32,35H,19-20H2,1H3/t25-,32+/m1/s1. The summed E-state index contributed by atoms with van der Waals surface area (Å²) in [6.07, 6.45) is 1.09. The second-order valence-electron chi connectivity index (χ2n) is 9.97. The van der Waals surface area contributed by atoms with Crippen molar-refractivity contribution in [2.75, 3.05) is 10.2 Å². The van der Waals surface area contributed by atoms with E-state index >= 15 is 0 Å². The van der Waals surface area contributed by atoms with Gasteiger partial charge in [0.05, 0.1) is 17.4 Å². The van der Waals surface area contributed by atoms with Crippen LogP contribution in [0.25, 0.3) is 0 Å². The second kappa shape index (κ2) is 10.1. The highest BCUT2D eigenvalue weighted by Crippen LogP contribution is 2.48. The molecule has 1 aliphatic heterocycles. The number of hydrogen-bond donors (Lipinski definition) is 1. The Morgan fingerprint density at radius 2 is 1.58 bits per heavy atom. The van der Waals surface area contributed by atoms with Gasteiger partial charge in [-0.2, -0.15) is 0 Å². The van der Waals surface area contributed by atoms with E-state index in [0.29, 0.717) is 24.0 Å². The molecule has 1 amide bonds. The molecule has 5 heteroatoms. The molecule has 6 rings (SSSR count). The van der Waals surface area contributed by atoms with Crippen molar-refractivity contribution in [3.63, 3.8) is 0 Å². The number of rotatable bonds is 3. The monoisotopic (exact) mass is 562 g/mol. The van der Waals surface area contributed by atoms with Gasteiger partial charge >= 0.3 is 0 Å². The molecule has 0 saturated heterocycles. The van der Waals surface area contributed by atoms with E-state index in [2.05, 4.69) is 52.4 Å². The molecule has 1 N–H and O–H groups in total. The quantitative estimate of drug-likeness (QED) is 0.275. The van der Waals surface area contributed by atoms with Crippen molar-refractivity contribution in [1.82, 2.24) is 0 Å². The van der Waals surface area contributed by atoms with Crippen LogP contribution < -0.4 is 10.2 Å². The SMILES string of the molecule is Cc1ccc([C@H]2CC(=O)C3=C(C2)Nc2ccccc2N(C(=O)c2ccccc2)[C@H]3c2cccc(Br)c2)cc1. The molecule has 0 bridgehead atoms. The molecular weight excluding hydrogens is 536 g/mol. The third kappa shape index (κ3) is 4.48. The van der Waals surface area contributed by atoms with Gasteiger partial charge in [0.2, 0.25) is 0 Å². The molecule has 4 nitrogen and oxygen atoms in total. The summed E-state index contributed by atoms with van der Waals surface area (Å²) in [4.78, 5) is 30.1. The van der Waals surface area contributed by atoms with Gasteiger partial charge in [0.15, 0.2) is 5.78 Å². The number of ketones is 1. The van der Waals surface area contributed by atoms with E-state index in [4.69, 9.17) is 0 Å². The van der Waals surface area contributed by atoms with Crippen molar-refractivity contribution in [2.45, 2.75) is 31.7 Å². The predicted molar refractivity (Wildman–Crippen MR) is 155 cm³/mol. The maximum atomic E-state index is 14.2. The second-order valence-corrected chi connectivity index (χ2v) is 10.9. The molecule has 0 spiro atoms. The van der Waals surface area contributed by atoms with Crippen LogP contribution in [-0.4, -0.2) is 11.7 Å². The lowest BCUT2D eigenvalue weighted by molar-refractivity contribution is -0.116. The summed E-state index contributed by atoms with van der Waals surface area (Å²) in [5.74, 6) is -0.0129. The van der Waals surface area contributed by atoms with Gasteiger partial charge in [-0.05, 0) is 66.8 Å². The minimum Gasteiger partial charge on any atom is -0.357 e. The van der Waals surface area contributed by atoms with Crippen LogP contribution in [0.4, 0.5) is 11.4 Å². The molecule has 2 atom stereocenters. The molecule has 0 radical (unpaired) electrons. The van der Waals surface area contributed by atoms with Gasteiger partial charge in [0, 0.05) is 27.7 Å². The fraction of sp³-hybridized carbons (Fsp3) is 0.152. The number of nitrogens with zero attached hydrogens (tertiary/aromatic N) is 1. The van der Waals surface area contributed by atoms with Gasteiger partial charge in [-0.3, -0.25) is 14.5 Å². The van der Waals surface area contributed by atoms with Crippen LogP contribution in [0.2, 0.25) is 0 Å². The van der Waals surface area contributed by atoms with Gasteiger partial charge in [0.1, 0.15) is 0 Å². The Morgan fingerprint density at radius 3 is 2.34 bits per heavy atom. The van der Waals surface area contributed by atoms with Gasteiger partial charge in [0.25, 0.3) is 5.91 Å². The minimum absolute atomic E-state index is 0.0629. The fourth-order valence-corrected chi connectivity index (χ4v) is 6.02. The predicted octanol–water partition coefficient (Wildman–Crippen LogP) is 7.97. The number of Topliss-reactive ketones (excluding diaryl/α,β-unsaturated/α-hetero) is 1. The van der Waals surface area contributed by atoms with Crippen LogP contribution in [0.5, 0.6) is 0 Å². The van der Waals surface area contributed by atoms with E-state index in [0.717, 1.165) is 32.7 Å². The van der Waals surface area contributed by atoms with Crippen molar-refractivity contribution in [3.8, 4) is 0 Å². The highest BCUT2D eigenvalue weighted by molar-refractivity contribution is 9.10. The number of nitrogens with one attached hydrogen (secondary N) is 1. The Balaban J connectivity index is 1.56. The normalized spacial score (nSPS) is 18.8. The Hall–Kier alpha value is -3.96. The van der Waals surface area contributed by atoms with E-state index in [1.54, 1.807) is 4.90 Å². The Morgan fingerprint density at radius 1 is 0.842 bits per heavy atom. The Labute approximate surface area is 231 Å². The van der Waals surface area contributed by atoms with Crippen LogP contribution in [0.1, 0.15) is 51.8 Å². The maximum Gasteiger partial charge on any atom is 0.259 e. The number of aryl methyl sites for hydroxylation is 1. The maximum absolute atomic E-state index is 14.2. The summed E-state index contributed by atoms with van der Waals surface area (Å²) >= 11 is 3.61. The molecule has 1 heterocycles. The van der Waals surface area contributed by atoms with Gasteiger partial charge in [-0.15, -0.1) is 0 Å². The average Bonchev–Trinajstić information content (AvgIpc) is 3.08. The molecule has 0 unspecified atom stereocenters. The van der Waals surface area contributed by atoms with E-state index < -0.39 is 6.04 Å². The number of anilines is 2. The zero-order chi connectivity index (χ0) is 26.2. The summed E-state index contributed by atoms with van der Waals surface area (Å²) in [7, 11) is 0. The largest absolute Gasteiger partial charge is 0.357 e. The van der Waals surface area contributed by atoms with Crippen molar-refractivity contribution in [2.24, 2.45) is 0 Å². The molecule has 0 fully saturated rings. The molecule has 38 heavy (non-hydrogen) atoms. The average molecular weight is 563 g/mol. The lowest BCUT2D eigenvalue weighted by Crippen LogP contribution is -2.38. The van der Waals surface area contributed by atoms with E-state index in [-0.39, 0.29) is 17.6 Å². The molecule has 2 aliphatic rings. The third-order valence-corrected chi connectivity index (χ3v) is 7.93. The van der Waals surface area contributed by atoms with Crippen LogP contribution in [-0.2, 0) is 4.79 Å². The molecule has 1 aliphatic carbocycles. The summed E-state index contributed by atoms with van der Waals surface area (Å²) in [6, 6.07) is 32.9. The molecular formula is C33H27BrN2O2. The third-order valence-electron chi connectivity index (χ3n) is 7.44. The number of amides is 1. The lowest BCUT2D eigenvalue weighted by atomic mass is 9.78. The van der Waals surface area contributed by atoms with Crippen LogP contribution in [0.3, 0.4) is 0 Å². The first-order valence-electron chi connectivity index (χ1n) is 12.8. The van der Waals surface area contributed by atoms with Crippen LogP contribution in [0.15, 0.2) is 119 Å². The summed E-state index contributed by atoms with van der Waals surface area (Å²) in [6.45, 7) is 2.07. The Bertz CT molecular complexity index is 1560. The van der Waals surface area contributed by atoms with Crippen molar-refractivity contribution < 1.29 is 9.59 Å². The topological polar surface area (TPSA) is 49.4 Å². The van der Waals surface area contributed by atoms with Crippen molar-refractivity contribution >= 4 is 39.0 Å². The number of hydrogen-bond acceptors (Lipinski definition) is 3. The van der Waals surface area contributed by atoms with Crippen LogP contribution in [0, 0.1) is 6.92 Å². The number of fused-ring (bicyclic) bond motifs is 1. The number of allylic oxidation sites excluding steroid dienone is 1. The van der Waals surface area contributed by atoms with Crippen LogP contribution >= 0.6 is 15.9 Å². The summed E-state index contributed by atoms with van der Waals surface area (Å²) < 4.78 is 0.899. The van der Waals surface area contributed by atoms with E-state index in [1.165, 1.54) is 5.56 Å². The molecule has 188 valence electrons. The fourth-order valence-electron chi connectivity index (χ4n) is 5.60. The first-order chi connectivity index (χ1) is 18.5. The minimum atomic E-state index is -0.571. The van der Waals surface area contributed by atoms with E-state index in [1.807, 2.05) is 78.9 Å². The first kappa shape index (κ1) is 24.4. The van der Waals surface area contributed by atoms with E-state index in [9.17, 15) is 9.59 Å². The zero-order valence-corrected chi connectivity index (χ0v) is 22.6. The highest BCUT2D eigenvalue weighted by atomic mass is 79.9. The molecule has 0 saturated carbocycles. The van der Waals surface area contributed by atoms with Gasteiger partial charge < -0.3 is 5.32 Å². The first-order valence-corrected chi connectivity index (χ1v) is 13.6. The molecule has 4 aromatic rings. The highest BCUT2D eigenvalue weighted by Gasteiger charge is 2.41. The summed E-state index contributed by atoms with van der Waals surface area (Å²) in [5.41, 5.74) is 6.93. The zero-order valence-electron chi connectivity index (χ0n) is 21.0. The molecule has 0 aromatic heterocycles. The lowest BCUT2D eigenvalue weighted by Gasteiger charge is -2.35. The van der Waals surface area contributed by atoms with Crippen molar-refractivity contribution in [3.05, 3.63) is 141 Å². The number of carbonyl (C=O) groups excluding carboxylic acids is 2. The molecule has 4 aromatic carbocycles. The number of benzene rings is 4. The number of halogens is 1. The smallest absolute Gasteiger partial charge is 0.259 e. The van der Waals surface area contributed by atoms with Crippen molar-refractivity contribution in [1.29, 1.82) is 0 Å². The summed E-state index contributed by atoms with van der Waals surface area (Å²) in [5, 5.41) is 3.61.